The van der Waals surface area contributed by atoms with Gasteiger partial charge in [0.15, 0.2) is 0 Å². The van der Waals surface area contributed by atoms with Crippen molar-refractivity contribution in [1.29, 1.82) is 5.26 Å². The van der Waals surface area contributed by atoms with Crippen LogP contribution in [0, 0.1) is 45.9 Å². The SMILES string of the molecule is CC.CC.CC.CC.CC.CCCN(C)Cc1ccccc1C.Cc1ccccc1C#N.Cc1ccccc1C(=O)O.Cc1ccccc1CBr.Cc1ccccc1CO. The van der Waals surface area contributed by atoms with E-state index < -0.39 is 5.97 Å². The standard InChI is InChI=1S/C12H19N.C8H9Br.C8H7N.C8H8O2.C8H10O.5C2H6/c1-4-9-13(3)10-12-8-6-5-7-11(12)2;2*1-7-4-2-3-5-8(7)6-9;1-6-4-2-3-5-7(6)8(9)10;1-7-4-2-3-5-8(7)6-9;5*1-2/h5-8H,4,9-10H2,1-3H3;2-5H,6H2,1H3;2-5H,1H3;2-5H,1H3,(H,9,10);2-5,9H,6H2,1H3;5*1-2H3. The number of halogens is 1. The fourth-order valence-corrected chi connectivity index (χ4v) is 5.23. The second-order valence-corrected chi connectivity index (χ2v) is 12.4. The summed E-state index contributed by atoms with van der Waals surface area (Å²) < 4.78 is 0. The second kappa shape index (κ2) is 47.1. The largest absolute Gasteiger partial charge is 0.478 e. The smallest absolute Gasteiger partial charge is 0.335 e. The maximum absolute atomic E-state index is 10.4. The summed E-state index contributed by atoms with van der Waals surface area (Å²) in [6.07, 6.45) is 1.22. The van der Waals surface area contributed by atoms with Crippen LogP contribution in [-0.4, -0.2) is 34.7 Å². The van der Waals surface area contributed by atoms with E-state index in [-0.39, 0.29) is 6.61 Å². The van der Waals surface area contributed by atoms with Gasteiger partial charge < -0.3 is 15.1 Å². The first-order valence-corrected chi connectivity index (χ1v) is 22.8. The molecule has 0 saturated heterocycles. The molecule has 5 aromatic carbocycles. The Balaban J connectivity index is -0.000000200. The van der Waals surface area contributed by atoms with Crippen LogP contribution in [0.4, 0.5) is 0 Å². The van der Waals surface area contributed by atoms with Crippen molar-refractivity contribution in [2.75, 3.05) is 13.6 Å². The number of aliphatic hydroxyl groups is 1. The molecule has 0 amide bonds. The van der Waals surface area contributed by atoms with Gasteiger partial charge >= 0.3 is 5.97 Å². The molecule has 0 heterocycles. The summed E-state index contributed by atoms with van der Waals surface area (Å²) >= 11 is 3.41. The van der Waals surface area contributed by atoms with Crippen LogP contribution in [0.15, 0.2) is 121 Å². The lowest BCUT2D eigenvalue weighted by Gasteiger charge is -2.16. The lowest BCUT2D eigenvalue weighted by atomic mass is 10.1. The summed E-state index contributed by atoms with van der Waals surface area (Å²) in [6.45, 7) is 34.6. The van der Waals surface area contributed by atoms with Crippen LogP contribution in [0.3, 0.4) is 0 Å². The summed E-state index contributed by atoms with van der Waals surface area (Å²) in [7, 11) is 2.18. The van der Waals surface area contributed by atoms with Crippen molar-refractivity contribution in [3.63, 3.8) is 0 Å². The molecule has 0 bridgehead atoms. The minimum absolute atomic E-state index is 0.146. The molecule has 0 aliphatic rings. The van der Waals surface area contributed by atoms with Crippen molar-refractivity contribution in [2.24, 2.45) is 0 Å². The molecule has 0 spiro atoms. The molecule has 0 aromatic heterocycles. The number of hydrogen-bond acceptors (Lipinski definition) is 4. The number of aliphatic hydroxyl groups excluding tert-OH is 1. The van der Waals surface area contributed by atoms with Crippen molar-refractivity contribution < 1.29 is 15.0 Å². The molecular weight excluding hydrogens is 805 g/mol. The lowest BCUT2D eigenvalue weighted by Crippen LogP contribution is -2.18. The van der Waals surface area contributed by atoms with E-state index in [4.69, 9.17) is 15.5 Å². The van der Waals surface area contributed by atoms with Gasteiger partial charge in [0.2, 0.25) is 0 Å². The first-order chi connectivity index (χ1) is 29.0. The maximum atomic E-state index is 10.4. The fraction of sp³-hybridized carbons (Fsp3) is 0.407. The molecule has 0 unspecified atom stereocenters. The van der Waals surface area contributed by atoms with Gasteiger partial charge in [-0.25, -0.2) is 4.79 Å². The highest BCUT2D eigenvalue weighted by atomic mass is 79.9. The molecule has 5 aromatic rings. The zero-order valence-corrected chi connectivity index (χ0v) is 42.2. The minimum Gasteiger partial charge on any atom is -0.478 e. The summed E-state index contributed by atoms with van der Waals surface area (Å²) in [5, 5.41) is 26.7. The van der Waals surface area contributed by atoms with E-state index in [0.29, 0.717) is 5.56 Å². The highest BCUT2D eigenvalue weighted by molar-refractivity contribution is 9.08. The Morgan fingerprint density at radius 1 is 0.567 bits per heavy atom. The van der Waals surface area contributed by atoms with Crippen molar-refractivity contribution in [3.05, 3.63) is 177 Å². The first-order valence-electron chi connectivity index (χ1n) is 21.7. The van der Waals surface area contributed by atoms with E-state index in [0.717, 1.165) is 39.7 Å². The Kier molecular flexibility index (Phi) is 50.8. The maximum Gasteiger partial charge on any atom is 0.335 e. The van der Waals surface area contributed by atoms with Crippen molar-refractivity contribution in [1.82, 2.24) is 4.90 Å². The van der Waals surface area contributed by atoms with Gasteiger partial charge in [-0.15, -0.1) is 0 Å². The monoisotopic (exact) mass is 887 g/mol. The minimum atomic E-state index is -0.863. The van der Waals surface area contributed by atoms with Crippen molar-refractivity contribution in [2.45, 2.75) is 136 Å². The van der Waals surface area contributed by atoms with Crippen LogP contribution in [0.25, 0.3) is 0 Å². The molecule has 334 valence electrons. The molecule has 60 heavy (non-hydrogen) atoms. The zero-order chi connectivity index (χ0) is 47.3. The van der Waals surface area contributed by atoms with Crippen LogP contribution in [0.2, 0.25) is 0 Å². The predicted molar refractivity (Wildman–Crippen MR) is 269 cm³/mol. The summed E-state index contributed by atoms with van der Waals surface area (Å²) in [4.78, 5) is 12.8. The first kappa shape index (κ1) is 64.6. The molecule has 0 aliphatic heterocycles. The number of carboxylic acids is 1. The number of carbonyl (C=O) groups is 1. The Bertz CT molecular complexity index is 1690. The van der Waals surface area contributed by atoms with Gasteiger partial charge in [0, 0.05) is 11.9 Å². The van der Waals surface area contributed by atoms with E-state index in [1.165, 1.54) is 35.2 Å². The van der Waals surface area contributed by atoms with Crippen LogP contribution in [-0.2, 0) is 18.5 Å². The number of hydrogen-bond donors (Lipinski definition) is 2. The second-order valence-electron chi connectivity index (χ2n) is 11.9. The van der Waals surface area contributed by atoms with Crippen LogP contribution >= 0.6 is 15.9 Å². The molecule has 0 atom stereocenters. The van der Waals surface area contributed by atoms with Gasteiger partial charge in [-0.05, 0) is 111 Å². The van der Waals surface area contributed by atoms with Gasteiger partial charge in [-0.2, -0.15) is 5.26 Å². The van der Waals surface area contributed by atoms with Crippen LogP contribution in [0.5, 0.6) is 0 Å². The Morgan fingerprint density at radius 3 is 1.18 bits per heavy atom. The third kappa shape index (κ3) is 32.3. The average molecular weight is 888 g/mol. The highest BCUT2D eigenvalue weighted by Crippen LogP contribution is 2.11. The molecule has 0 radical (unpaired) electrons. The van der Waals surface area contributed by atoms with Crippen LogP contribution in [0.1, 0.15) is 143 Å². The average Bonchev–Trinajstić information content (AvgIpc) is 3.29. The fourth-order valence-electron chi connectivity index (χ4n) is 4.60. The lowest BCUT2D eigenvalue weighted by molar-refractivity contribution is 0.0696. The van der Waals surface area contributed by atoms with E-state index in [9.17, 15) is 4.79 Å². The zero-order valence-electron chi connectivity index (χ0n) is 40.7. The Hall–Kier alpha value is -4.54. The molecule has 0 saturated carbocycles. The van der Waals surface area contributed by atoms with Gasteiger partial charge in [0.05, 0.1) is 23.8 Å². The van der Waals surface area contributed by atoms with E-state index in [1.807, 2.05) is 138 Å². The van der Waals surface area contributed by atoms with E-state index in [1.54, 1.807) is 25.1 Å². The van der Waals surface area contributed by atoms with Gasteiger partial charge in [-0.1, -0.05) is 201 Å². The molecule has 0 aliphatic carbocycles. The topological polar surface area (TPSA) is 84.6 Å². The normalized spacial score (nSPS) is 8.52. The van der Waals surface area contributed by atoms with E-state index in [2.05, 4.69) is 103 Å². The molecule has 5 rings (SSSR count). The van der Waals surface area contributed by atoms with Gasteiger partial charge in [-0.3, -0.25) is 0 Å². The summed E-state index contributed by atoms with van der Waals surface area (Å²) in [6, 6.07) is 41.3. The number of rotatable bonds is 7. The number of nitrogens with zero attached hydrogens (tertiary/aromatic N) is 2. The van der Waals surface area contributed by atoms with Gasteiger partial charge in [0.25, 0.3) is 0 Å². The van der Waals surface area contributed by atoms with Crippen molar-refractivity contribution in [3.8, 4) is 6.07 Å². The number of nitriles is 1. The molecule has 6 heteroatoms. The van der Waals surface area contributed by atoms with Crippen molar-refractivity contribution >= 4 is 21.9 Å². The number of aryl methyl sites for hydroxylation is 5. The number of aromatic carboxylic acids is 1. The molecule has 0 fully saturated rings. The third-order valence-electron chi connectivity index (χ3n) is 7.78. The van der Waals surface area contributed by atoms with E-state index >= 15 is 0 Å². The Morgan fingerprint density at radius 2 is 0.917 bits per heavy atom. The highest BCUT2D eigenvalue weighted by Gasteiger charge is 2.03. The van der Waals surface area contributed by atoms with Gasteiger partial charge in [0.1, 0.15) is 0 Å². The number of carboxylic acid groups (broad SMARTS) is 1. The molecule has 2 N–H and O–H groups in total. The number of alkyl halides is 1. The summed E-state index contributed by atoms with van der Waals surface area (Å²) in [5.74, 6) is -0.863. The quantitative estimate of drug-likeness (QED) is 0.159. The third-order valence-corrected chi connectivity index (χ3v) is 8.39. The number of benzene rings is 5. The van der Waals surface area contributed by atoms with Crippen LogP contribution < -0.4 is 0 Å². The molecule has 5 nitrogen and oxygen atoms in total. The predicted octanol–water partition coefficient (Wildman–Crippen LogP) is 15.9. The summed E-state index contributed by atoms with van der Waals surface area (Å²) in [5.41, 5.74) is 10.7. The molecular formula is C54H83BrN2O3. The Labute approximate surface area is 377 Å².